The molecule has 1 aliphatic rings. The Morgan fingerprint density at radius 1 is 1.42 bits per heavy atom. The Balaban J connectivity index is 1.69. The molecular weight excluding hydrogens is 240 g/mol. The standard InChI is InChI=1S/C15H18N2O2/c16-10-13-6-1-2-7-14(13)19-11-15(18)17-9-8-12-4-3-5-12/h1-2,6-7,12H,3-5,8-9,11H2,(H,17,18). The lowest BCUT2D eigenvalue weighted by Crippen LogP contribution is -2.31. The molecule has 100 valence electrons. The van der Waals surface area contributed by atoms with Gasteiger partial charge in [-0.1, -0.05) is 31.4 Å². The van der Waals surface area contributed by atoms with Crippen LogP contribution in [0.25, 0.3) is 0 Å². The number of carbonyl (C=O) groups is 1. The van der Waals surface area contributed by atoms with E-state index in [1.54, 1.807) is 24.3 Å². The first-order valence-corrected chi connectivity index (χ1v) is 6.68. The second-order valence-corrected chi connectivity index (χ2v) is 4.83. The zero-order valence-corrected chi connectivity index (χ0v) is 10.9. The Morgan fingerprint density at radius 2 is 2.21 bits per heavy atom. The Labute approximate surface area is 113 Å². The second kappa shape index (κ2) is 6.79. The summed E-state index contributed by atoms with van der Waals surface area (Å²) in [4.78, 5) is 11.6. The van der Waals surface area contributed by atoms with Gasteiger partial charge in [-0.15, -0.1) is 0 Å². The molecule has 1 aliphatic carbocycles. The van der Waals surface area contributed by atoms with E-state index < -0.39 is 0 Å². The van der Waals surface area contributed by atoms with Crippen molar-refractivity contribution in [1.82, 2.24) is 5.32 Å². The Bertz CT molecular complexity index is 475. The first-order valence-electron chi connectivity index (χ1n) is 6.68. The Morgan fingerprint density at radius 3 is 2.89 bits per heavy atom. The van der Waals surface area contributed by atoms with E-state index in [-0.39, 0.29) is 12.5 Å². The van der Waals surface area contributed by atoms with E-state index in [0.717, 1.165) is 12.3 Å². The molecule has 0 aliphatic heterocycles. The third-order valence-electron chi connectivity index (χ3n) is 3.47. The van der Waals surface area contributed by atoms with Crippen molar-refractivity contribution in [2.24, 2.45) is 5.92 Å². The number of ether oxygens (including phenoxy) is 1. The zero-order valence-electron chi connectivity index (χ0n) is 10.9. The average molecular weight is 258 g/mol. The van der Waals surface area contributed by atoms with Gasteiger partial charge < -0.3 is 10.1 Å². The quantitative estimate of drug-likeness (QED) is 0.851. The number of amides is 1. The first-order chi connectivity index (χ1) is 9.29. The maximum Gasteiger partial charge on any atom is 0.257 e. The maximum atomic E-state index is 11.6. The molecule has 0 bridgehead atoms. The lowest BCUT2D eigenvalue weighted by molar-refractivity contribution is -0.123. The molecule has 1 amide bonds. The molecule has 1 saturated carbocycles. The van der Waals surface area contributed by atoms with Crippen LogP contribution < -0.4 is 10.1 Å². The van der Waals surface area contributed by atoms with Crippen molar-refractivity contribution in [1.29, 1.82) is 5.26 Å². The van der Waals surface area contributed by atoms with Crippen LogP contribution in [0.1, 0.15) is 31.2 Å². The maximum absolute atomic E-state index is 11.6. The van der Waals surface area contributed by atoms with Gasteiger partial charge in [0.15, 0.2) is 6.61 Å². The molecule has 1 N–H and O–H groups in total. The van der Waals surface area contributed by atoms with Crippen LogP contribution in [0.3, 0.4) is 0 Å². The van der Waals surface area contributed by atoms with Gasteiger partial charge in [-0.2, -0.15) is 5.26 Å². The SMILES string of the molecule is N#Cc1ccccc1OCC(=O)NCCC1CCC1. The summed E-state index contributed by atoms with van der Waals surface area (Å²) >= 11 is 0. The molecule has 1 aromatic carbocycles. The highest BCUT2D eigenvalue weighted by Crippen LogP contribution is 2.28. The summed E-state index contributed by atoms with van der Waals surface area (Å²) in [5.74, 6) is 1.12. The first kappa shape index (κ1) is 13.4. The molecule has 1 aromatic rings. The van der Waals surface area contributed by atoms with Crippen molar-refractivity contribution in [2.45, 2.75) is 25.7 Å². The van der Waals surface area contributed by atoms with Crippen molar-refractivity contribution >= 4 is 5.91 Å². The van der Waals surface area contributed by atoms with Crippen molar-refractivity contribution in [3.05, 3.63) is 29.8 Å². The number of rotatable bonds is 6. The normalized spacial score (nSPS) is 14.3. The lowest BCUT2D eigenvalue weighted by Gasteiger charge is -2.25. The highest BCUT2D eigenvalue weighted by Gasteiger charge is 2.16. The lowest BCUT2D eigenvalue weighted by atomic mass is 9.83. The van der Waals surface area contributed by atoms with Gasteiger partial charge in [0.25, 0.3) is 5.91 Å². The van der Waals surface area contributed by atoms with Crippen molar-refractivity contribution in [3.8, 4) is 11.8 Å². The van der Waals surface area contributed by atoms with Gasteiger partial charge in [0.2, 0.25) is 0 Å². The number of nitrogens with zero attached hydrogens (tertiary/aromatic N) is 1. The minimum Gasteiger partial charge on any atom is -0.482 e. The van der Waals surface area contributed by atoms with E-state index >= 15 is 0 Å². The Kier molecular flexibility index (Phi) is 4.79. The molecule has 0 saturated heterocycles. The molecule has 2 rings (SSSR count). The molecule has 4 nitrogen and oxygen atoms in total. The van der Waals surface area contributed by atoms with Gasteiger partial charge in [-0.3, -0.25) is 4.79 Å². The van der Waals surface area contributed by atoms with E-state index in [9.17, 15) is 4.79 Å². The molecule has 1 fully saturated rings. The van der Waals surface area contributed by atoms with Gasteiger partial charge in [-0.25, -0.2) is 0 Å². The minimum atomic E-state index is -0.132. The number of benzene rings is 1. The number of hydrogen-bond donors (Lipinski definition) is 1. The van der Waals surface area contributed by atoms with Crippen LogP contribution in [0.2, 0.25) is 0 Å². The molecule has 0 unspecified atom stereocenters. The topological polar surface area (TPSA) is 62.1 Å². The van der Waals surface area contributed by atoms with Gasteiger partial charge in [0, 0.05) is 6.54 Å². The predicted molar refractivity (Wildman–Crippen MR) is 71.6 cm³/mol. The van der Waals surface area contributed by atoms with Crippen LogP contribution in [-0.2, 0) is 4.79 Å². The van der Waals surface area contributed by atoms with E-state index in [1.807, 2.05) is 6.07 Å². The van der Waals surface area contributed by atoms with E-state index in [1.165, 1.54) is 19.3 Å². The number of hydrogen-bond acceptors (Lipinski definition) is 3. The summed E-state index contributed by atoms with van der Waals surface area (Å²) in [6.07, 6.45) is 4.97. The number of carbonyl (C=O) groups excluding carboxylic acids is 1. The minimum absolute atomic E-state index is 0.0383. The summed E-state index contributed by atoms with van der Waals surface area (Å²) in [6.45, 7) is 0.677. The monoisotopic (exact) mass is 258 g/mol. The van der Waals surface area contributed by atoms with Gasteiger partial charge in [0.05, 0.1) is 5.56 Å². The molecule has 0 heterocycles. The molecule has 0 atom stereocenters. The van der Waals surface area contributed by atoms with Crippen LogP contribution in [0.15, 0.2) is 24.3 Å². The van der Waals surface area contributed by atoms with Crippen molar-refractivity contribution < 1.29 is 9.53 Å². The molecule has 19 heavy (non-hydrogen) atoms. The second-order valence-electron chi connectivity index (χ2n) is 4.83. The predicted octanol–water partition coefficient (Wildman–Crippen LogP) is 2.24. The highest BCUT2D eigenvalue weighted by atomic mass is 16.5. The van der Waals surface area contributed by atoms with Crippen LogP contribution in [0.5, 0.6) is 5.75 Å². The van der Waals surface area contributed by atoms with E-state index in [4.69, 9.17) is 10.00 Å². The fraction of sp³-hybridized carbons (Fsp3) is 0.467. The van der Waals surface area contributed by atoms with Gasteiger partial charge in [0.1, 0.15) is 11.8 Å². The molecule has 4 heteroatoms. The van der Waals surface area contributed by atoms with E-state index in [2.05, 4.69) is 5.32 Å². The summed E-state index contributed by atoms with van der Waals surface area (Å²) in [5, 5.41) is 11.7. The number of nitrogens with one attached hydrogen (secondary N) is 1. The summed E-state index contributed by atoms with van der Waals surface area (Å²) in [7, 11) is 0. The number of para-hydroxylation sites is 1. The van der Waals surface area contributed by atoms with Crippen LogP contribution in [-0.4, -0.2) is 19.1 Å². The Hall–Kier alpha value is -2.02. The molecule has 0 radical (unpaired) electrons. The average Bonchev–Trinajstić information content (AvgIpc) is 2.39. The van der Waals surface area contributed by atoms with E-state index in [0.29, 0.717) is 17.9 Å². The third-order valence-corrected chi connectivity index (χ3v) is 3.47. The zero-order chi connectivity index (χ0) is 13.5. The fourth-order valence-electron chi connectivity index (χ4n) is 2.08. The van der Waals surface area contributed by atoms with Crippen molar-refractivity contribution in [3.63, 3.8) is 0 Å². The summed E-state index contributed by atoms with van der Waals surface area (Å²) in [6, 6.07) is 8.95. The molecule has 0 spiro atoms. The highest BCUT2D eigenvalue weighted by molar-refractivity contribution is 5.77. The summed E-state index contributed by atoms with van der Waals surface area (Å²) in [5.41, 5.74) is 0.449. The van der Waals surface area contributed by atoms with Crippen LogP contribution in [0, 0.1) is 17.2 Å². The fourth-order valence-corrected chi connectivity index (χ4v) is 2.08. The van der Waals surface area contributed by atoms with Crippen molar-refractivity contribution in [2.75, 3.05) is 13.2 Å². The van der Waals surface area contributed by atoms with Crippen LogP contribution in [0.4, 0.5) is 0 Å². The molecule has 0 aromatic heterocycles. The summed E-state index contributed by atoms with van der Waals surface area (Å²) < 4.78 is 5.35. The number of nitriles is 1. The van der Waals surface area contributed by atoms with Gasteiger partial charge in [-0.05, 0) is 24.5 Å². The smallest absolute Gasteiger partial charge is 0.257 e. The van der Waals surface area contributed by atoms with Crippen LogP contribution >= 0.6 is 0 Å². The largest absolute Gasteiger partial charge is 0.482 e. The third kappa shape index (κ3) is 3.99. The molecular formula is C15H18N2O2. The van der Waals surface area contributed by atoms with Gasteiger partial charge >= 0.3 is 0 Å².